The van der Waals surface area contributed by atoms with E-state index in [4.69, 9.17) is 19.1 Å². The summed E-state index contributed by atoms with van der Waals surface area (Å²) in [5.74, 6) is 0.0392. The smallest absolute Gasteiger partial charge is 0.358 e. The third kappa shape index (κ3) is 2.08. The Balaban J connectivity index is 1.72. The number of carbonyl (C=O) groups is 1. The molecule has 1 N–H and O–H groups in total. The number of aromatic carboxylic acids is 1. The van der Waals surface area contributed by atoms with Crippen molar-refractivity contribution in [2.24, 2.45) is 0 Å². The summed E-state index contributed by atoms with van der Waals surface area (Å²) < 4.78 is 17.8. The van der Waals surface area contributed by atoms with Crippen LogP contribution in [0.1, 0.15) is 36.2 Å². The zero-order valence-corrected chi connectivity index (χ0v) is 13.1. The highest BCUT2D eigenvalue weighted by Crippen LogP contribution is 2.49. The summed E-state index contributed by atoms with van der Waals surface area (Å²) in [5, 5.41) is 12.5. The Labute approximate surface area is 134 Å². The molecule has 1 spiro atoms. The van der Waals surface area contributed by atoms with Gasteiger partial charge in [-0.15, -0.1) is 0 Å². The minimum atomic E-state index is -1.13. The van der Waals surface area contributed by atoms with E-state index in [1.807, 2.05) is 6.07 Å². The number of nitrogens with zero attached hydrogens (tertiary/aromatic N) is 1. The topological polar surface area (TPSA) is 81.8 Å². The number of hydrogen-bond donors (Lipinski definition) is 1. The number of fused-ring (bicyclic) bond motifs is 1. The summed E-state index contributed by atoms with van der Waals surface area (Å²) >= 11 is 3.46. The molecule has 22 heavy (non-hydrogen) atoms. The van der Waals surface area contributed by atoms with Crippen LogP contribution >= 0.6 is 15.9 Å². The molecule has 0 saturated heterocycles. The van der Waals surface area contributed by atoms with Gasteiger partial charge in [-0.05, 0) is 40.9 Å². The van der Waals surface area contributed by atoms with Crippen molar-refractivity contribution < 1.29 is 23.9 Å². The van der Waals surface area contributed by atoms with E-state index in [0.717, 1.165) is 30.2 Å². The van der Waals surface area contributed by atoms with Crippen LogP contribution < -0.4 is 9.47 Å². The predicted molar refractivity (Wildman–Crippen MR) is 79.1 cm³/mol. The van der Waals surface area contributed by atoms with Gasteiger partial charge in [-0.2, -0.15) is 0 Å². The molecular weight excluding hydrogens is 354 g/mol. The zero-order valence-electron chi connectivity index (χ0n) is 11.5. The van der Waals surface area contributed by atoms with Gasteiger partial charge in [0.05, 0.1) is 0 Å². The van der Waals surface area contributed by atoms with E-state index in [0.29, 0.717) is 22.8 Å². The SMILES string of the molecule is O=C(O)c1cc(-c2cc3c(cc2Br)OC2(CCCC2)O3)on1. The second kappa shape index (κ2) is 4.74. The van der Waals surface area contributed by atoms with E-state index in [1.165, 1.54) is 6.07 Å². The average molecular weight is 366 g/mol. The lowest BCUT2D eigenvalue weighted by atomic mass is 10.1. The fourth-order valence-corrected chi connectivity index (χ4v) is 3.44. The lowest BCUT2D eigenvalue weighted by molar-refractivity contribution is -0.0716. The highest BCUT2D eigenvalue weighted by Gasteiger charge is 2.44. The van der Waals surface area contributed by atoms with E-state index in [1.54, 1.807) is 6.07 Å². The largest absolute Gasteiger partial charge is 0.476 e. The van der Waals surface area contributed by atoms with Crippen LogP contribution in [0.15, 0.2) is 27.2 Å². The molecule has 2 aliphatic rings. The summed E-state index contributed by atoms with van der Waals surface area (Å²) in [4.78, 5) is 10.9. The van der Waals surface area contributed by atoms with Crippen LogP contribution in [-0.2, 0) is 0 Å². The maximum absolute atomic E-state index is 10.9. The first-order valence-electron chi connectivity index (χ1n) is 6.98. The van der Waals surface area contributed by atoms with Crippen LogP contribution in [0.5, 0.6) is 11.5 Å². The van der Waals surface area contributed by atoms with E-state index >= 15 is 0 Å². The Morgan fingerprint density at radius 3 is 2.50 bits per heavy atom. The summed E-state index contributed by atoms with van der Waals surface area (Å²) in [6.45, 7) is 0. The first kappa shape index (κ1) is 13.6. The Morgan fingerprint density at radius 2 is 1.86 bits per heavy atom. The molecule has 2 aromatic rings. The number of ether oxygens (including phenoxy) is 2. The number of halogens is 1. The molecule has 0 unspecified atom stereocenters. The van der Waals surface area contributed by atoms with E-state index in [9.17, 15) is 4.79 Å². The fourth-order valence-electron chi connectivity index (χ4n) is 2.93. The molecule has 0 amide bonds. The number of benzene rings is 1. The van der Waals surface area contributed by atoms with Crippen molar-refractivity contribution in [2.75, 3.05) is 0 Å². The molecule has 0 radical (unpaired) electrons. The second-order valence-electron chi connectivity index (χ2n) is 5.48. The predicted octanol–water partition coefficient (Wildman–Crippen LogP) is 3.84. The third-order valence-electron chi connectivity index (χ3n) is 3.99. The first-order valence-corrected chi connectivity index (χ1v) is 7.78. The van der Waals surface area contributed by atoms with Gasteiger partial charge in [-0.1, -0.05) is 5.16 Å². The van der Waals surface area contributed by atoms with Gasteiger partial charge in [-0.25, -0.2) is 4.79 Å². The third-order valence-corrected chi connectivity index (χ3v) is 4.64. The number of carboxylic acid groups (broad SMARTS) is 1. The second-order valence-corrected chi connectivity index (χ2v) is 6.34. The van der Waals surface area contributed by atoms with Gasteiger partial charge in [-0.3, -0.25) is 0 Å². The van der Waals surface area contributed by atoms with Crippen molar-refractivity contribution >= 4 is 21.9 Å². The number of carboxylic acids is 1. The Kier molecular flexibility index (Phi) is 2.94. The zero-order chi connectivity index (χ0) is 15.3. The van der Waals surface area contributed by atoms with Gasteiger partial charge in [0.25, 0.3) is 5.79 Å². The molecule has 2 heterocycles. The van der Waals surface area contributed by atoms with Crippen molar-refractivity contribution in [2.45, 2.75) is 31.5 Å². The summed E-state index contributed by atoms with van der Waals surface area (Å²) in [6, 6.07) is 5.00. The van der Waals surface area contributed by atoms with Crippen LogP contribution in [-0.4, -0.2) is 22.0 Å². The molecule has 0 atom stereocenters. The van der Waals surface area contributed by atoms with Crippen molar-refractivity contribution in [3.8, 4) is 22.8 Å². The Hall–Kier alpha value is -2.02. The first-order chi connectivity index (χ1) is 10.6. The van der Waals surface area contributed by atoms with Crippen LogP contribution in [0.3, 0.4) is 0 Å². The van der Waals surface area contributed by atoms with Crippen LogP contribution in [0.4, 0.5) is 0 Å². The van der Waals surface area contributed by atoms with Crippen molar-refractivity contribution in [1.82, 2.24) is 5.16 Å². The van der Waals surface area contributed by atoms with E-state index in [-0.39, 0.29) is 5.69 Å². The molecule has 0 bridgehead atoms. The molecule has 6 nitrogen and oxygen atoms in total. The van der Waals surface area contributed by atoms with E-state index < -0.39 is 11.8 Å². The van der Waals surface area contributed by atoms with Crippen LogP contribution in [0, 0.1) is 0 Å². The lowest BCUT2D eigenvalue weighted by Gasteiger charge is -2.21. The minimum Gasteiger partial charge on any atom is -0.476 e. The molecule has 4 rings (SSSR count). The average Bonchev–Trinajstić information content (AvgIpc) is 3.18. The maximum Gasteiger partial charge on any atom is 0.358 e. The van der Waals surface area contributed by atoms with Crippen LogP contribution in [0.25, 0.3) is 11.3 Å². The number of aromatic nitrogens is 1. The van der Waals surface area contributed by atoms with Gasteiger partial charge >= 0.3 is 5.97 Å². The quantitative estimate of drug-likeness (QED) is 0.870. The van der Waals surface area contributed by atoms with Gasteiger partial charge in [0.1, 0.15) is 0 Å². The summed E-state index contributed by atoms with van der Waals surface area (Å²) in [6.07, 6.45) is 3.93. The highest BCUT2D eigenvalue weighted by molar-refractivity contribution is 9.10. The molecule has 1 saturated carbocycles. The Morgan fingerprint density at radius 1 is 1.18 bits per heavy atom. The lowest BCUT2D eigenvalue weighted by Crippen LogP contribution is -2.34. The molecular formula is C15H12BrNO5. The fraction of sp³-hybridized carbons (Fsp3) is 0.333. The van der Waals surface area contributed by atoms with Gasteiger partial charge in [0, 0.05) is 28.9 Å². The number of hydrogen-bond acceptors (Lipinski definition) is 5. The van der Waals surface area contributed by atoms with Gasteiger partial charge in [0.2, 0.25) is 0 Å². The maximum atomic E-state index is 10.9. The molecule has 1 aliphatic heterocycles. The van der Waals surface area contributed by atoms with Crippen molar-refractivity contribution in [3.63, 3.8) is 0 Å². The normalized spacial score (nSPS) is 18.0. The number of rotatable bonds is 2. The van der Waals surface area contributed by atoms with E-state index in [2.05, 4.69) is 21.1 Å². The molecule has 1 fully saturated rings. The highest BCUT2D eigenvalue weighted by atomic mass is 79.9. The molecule has 114 valence electrons. The monoisotopic (exact) mass is 365 g/mol. The molecule has 1 aromatic heterocycles. The molecule has 7 heteroatoms. The molecule has 1 aliphatic carbocycles. The van der Waals surface area contributed by atoms with Crippen LogP contribution in [0.2, 0.25) is 0 Å². The van der Waals surface area contributed by atoms with Gasteiger partial charge < -0.3 is 19.1 Å². The standard InChI is InChI=1S/C15H12BrNO5/c16-9-6-13-12(20-15(21-13)3-1-2-4-15)5-8(9)11-7-10(14(18)19)17-22-11/h5-7H,1-4H2,(H,18,19). The van der Waals surface area contributed by atoms with Crippen molar-refractivity contribution in [1.29, 1.82) is 0 Å². The van der Waals surface area contributed by atoms with Crippen molar-refractivity contribution in [3.05, 3.63) is 28.4 Å². The summed E-state index contributed by atoms with van der Waals surface area (Å²) in [7, 11) is 0. The summed E-state index contributed by atoms with van der Waals surface area (Å²) in [5.41, 5.74) is 0.546. The minimum absolute atomic E-state index is 0.133. The Bertz CT molecular complexity index is 763. The van der Waals surface area contributed by atoms with Gasteiger partial charge in [0.15, 0.2) is 23.0 Å². The molecule has 1 aromatic carbocycles.